The highest BCUT2D eigenvalue weighted by Gasteiger charge is 2.11. The number of pyridine rings is 1. The van der Waals surface area contributed by atoms with E-state index < -0.39 is 0 Å². The minimum atomic E-state index is 0.423. The number of para-hydroxylation sites is 1. The Morgan fingerprint density at radius 2 is 2.05 bits per heavy atom. The van der Waals surface area contributed by atoms with Gasteiger partial charge in [-0.05, 0) is 25.5 Å². The van der Waals surface area contributed by atoms with Crippen LogP contribution < -0.4 is 0 Å². The van der Waals surface area contributed by atoms with E-state index in [0.29, 0.717) is 12.5 Å². The first-order valence-electron chi connectivity index (χ1n) is 6.66. The van der Waals surface area contributed by atoms with Crippen LogP contribution in [0.1, 0.15) is 25.8 Å². The van der Waals surface area contributed by atoms with Crippen molar-refractivity contribution >= 4 is 10.9 Å². The molecular weight excluding hydrogens is 234 g/mol. The number of rotatable bonds is 5. The van der Waals surface area contributed by atoms with Gasteiger partial charge >= 0.3 is 0 Å². The van der Waals surface area contributed by atoms with Crippen molar-refractivity contribution in [2.45, 2.75) is 32.9 Å². The maximum atomic E-state index is 8.75. The summed E-state index contributed by atoms with van der Waals surface area (Å²) in [5.41, 5.74) is 2.29. The first-order chi connectivity index (χ1) is 9.22. The highest BCUT2D eigenvalue weighted by atomic mass is 15.1. The van der Waals surface area contributed by atoms with Gasteiger partial charge in [-0.15, -0.1) is 0 Å². The number of fused-ring (bicyclic) bond motifs is 1. The lowest BCUT2D eigenvalue weighted by molar-refractivity contribution is 0.218. The molecule has 0 N–H and O–H groups in total. The Morgan fingerprint density at radius 3 is 2.79 bits per heavy atom. The molecule has 1 aromatic carbocycles. The van der Waals surface area contributed by atoms with Gasteiger partial charge in [-0.2, -0.15) is 5.26 Å². The molecule has 0 saturated heterocycles. The molecule has 3 nitrogen and oxygen atoms in total. The number of benzene rings is 1. The van der Waals surface area contributed by atoms with Crippen LogP contribution in [0.5, 0.6) is 0 Å². The maximum absolute atomic E-state index is 8.75. The van der Waals surface area contributed by atoms with Crippen LogP contribution in [0, 0.1) is 11.3 Å². The largest absolute Gasteiger partial charge is 0.296 e. The van der Waals surface area contributed by atoms with Gasteiger partial charge in [0.1, 0.15) is 0 Å². The van der Waals surface area contributed by atoms with Gasteiger partial charge in [-0.25, -0.2) is 0 Å². The van der Waals surface area contributed by atoms with Crippen LogP contribution in [0.3, 0.4) is 0 Å². The number of nitriles is 1. The van der Waals surface area contributed by atoms with Crippen molar-refractivity contribution in [1.29, 1.82) is 5.26 Å². The molecule has 0 fully saturated rings. The molecule has 98 valence electrons. The van der Waals surface area contributed by atoms with E-state index in [4.69, 9.17) is 5.26 Å². The lowest BCUT2D eigenvalue weighted by Gasteiger charge is -2.25. The standard InChI is InChI=1S/C16H19N3/c1-13(2)19(11-5-9-17)12-15-7-3-6-14-8-4-10-18-16(14)15/h3-4,6-8,10,13H,5,11-12H2,1-2H3. The molecular formula is C16H19N3. The Balaban J connectivity index is 2.26. The Hall–Kier alpha value is -1.92. The zero-order valence-corrected chi connectivity index (χ0v) is 11.5. The molecule has 1 heterocycles. The van der Waals surface area contributed by atoms with Gasteiger partial charge in [0.05, 0.1) is 11.6 Å². The van der Waals surface area contributed by atoms with E-state index in [1.165, 1.54) is 10.9 Å². The molecule has 0 bridgehead atoms. The Kier molecular flexibility index (Phi) is 4.48. The van der Waals surface area contributed by atoms with Crippen LogP contribution in [0.25, 0.3) is 10.9 Å². The second-order valence-electron chi connectivity index (χ2n) is 4.96. The Labute approximate surface area is 114 Å². The summed E-state index contributed by atoms with van der Waals surface area (Å²) in [7, 11) is 0. The monoisotopic (exact) mass is 253 g/mol. The molecule has 19 heavy (non-hydrogen) atoms. The first kappa shape index (κ1) is 13.5. The zero-order valence-electron chi connectivity index (χ0n) is 11.5. The molecule has 3 heteroatoms. The predicted octanol–water partition coefficient (Wildman–Crippen LogP) is 3.36. The van der Waals surface area contributed by atoms with Crippen LogP contribution in [0.15, 0.2) is 36.5 Å². The molecule has 0 aliphatic rings. The van der Waals surface area contributed by atoms with Crippen LogP contribution in [0.4, 0.5) is 0 Å². The molecule has 0 saturated carbocycles. The van der Waals surface area contributed by atoms with Crippen molar-refractivity contribution in [2.24, 2.45) is 0 Å². The summed E-state index contributed by atoms with van der Waals surface area (Å²) in [5.74, 6) is 0. The van der Waals surface area contributed by atoms with Crippen LogP contribution in [-0.4, -0.2) is 22.5 Å². The van der Waals surface area contributed by atoms with E-state index >= 15 is 0 Å². The van der Waals surface area contributed by atoms with Crippen molar-refractivity contribution in [3.63, 3.8) is 0 Å². The average molecular weight is 253 g/mol. The van der Waals surface area contributed by atoms with Crippen LogP contribution in [0.2, 0.25) is 0 Å². The van der Waals surface area contributed by atoms with E-state index in [9.17, 15) is 0 Å². The van der Waals surface area contributed by atoms with Gasteiger partial charge in [0.2, 0.25) is 0 Å². The van der Waals surface area contributed by atoms with E-state index in [2.05, 4.69) is 54.1 Å². The molecule has 2 rings (SSSR count). The lowest BCUT2D eigenvalue weighted by atomic mass is 10.1. The second kappa shape index (κ2) is 6.31. The summed E-state index contributed by atoms with van der Waals surface area (Å²) < 4.78 is 0. The van der Waals surface area contributed by atoms with Crippen molar-refractivity contribution in [2.75, 3.05) is 6.54 Å². The fraction of sp³-hybridized carbons (Fsp3) is 0.375. The molecule has 0 atom stereocenters. The zero-order chi connectivity index (χ0) is 13.7. The molecule has 0 unspecified atom stereocenters. The third kappa shape index (κ3) is 3.30. The van der Waals surface area contributed by atoms with Crippen molar-refractivity contribution < 1.29 is 0 Å². The van der Waals surface area contributed by atoms with E-state index in [0.717, 1.165) is 18.6 Å². The fourth-order valence-corrected chi connectivity index (χ4v) is 2.23. The summed E-state index contributed by atoms with van der Waals surface area (Å²) in [6.45, 7) is 5.97. The quantitative estimate of drug-likeness (QED) is 0.820. The van der Waals surface area contributed by atoms with Gasteiger partial charge in [0.25, 0.3) is 0 Å². The van der Waals surface area contributed by atoms with Crippen molar-refractivity contribution in [1.82, 2.24) is 9.88 Å². The lowest BCUT2D eigenvalue weighted by Crippen LogP contribution is -2.31. The first-order valence-corrected chi connectivity index (χ1v) is 6.66. The van der Waals surface area contributed by atoms with Crippen molar-refractivity contribution in [3.8, 4) is 6.07 Å². The van der Waals surface area contributed by atoms with Gasteiger partial charge in [0, 0.05) is 37.1 Å². The van der Waals surface area contributed by atoms with Crippen LogP contribution in [-0.2, 0) is 6.54 Å². The summed E-state index contributed by atoms with van der Waals surface area (Å²) in [4.78, 5) is 6.79. The van der Waals surface area contributed by atoms with E-state index in [1.807, 2.05) is 12.3 Å². The smallest absolute Gasteiger partial charge is 0.0746 e. The third-order valence-electron chi connectivity index (χ3n) is 3.33. The normalized spacial score (nSPS) is 11.1. The van der Waals surface area contributed by atoms with E-state index in [1.54, 1.807) is 0 Å². The molecule has 0 amide bonds. The molecule has 0 aliphatic heterocycles. The molecule has 1 aromatic heterocycles. The third-order valence-corrected chi connectivity index (χ3v) is 3.33. The molecule has 0 spiro atoms. The number of hydrogen-bond donors (Lipinski definition) is 0. The summed E-state index contributed by atoms with van der Waals surface area (Å²) in [5, 5.41) is 9.92. The van der Waals surface area contributed by atoms with Crippen LogP contribution >= 0.6 is 0 Å². The van der Waals surface area contributed by atoms with Crippen molar-refractivity contribution in [3.05, 3.63) is 42.1 Å². The Bertz CT molecular complexity index is 579. The topological polar surface area (TPSA) is 39.9 Å². The summed E-state index contributed by atoms with van der Waals surface area (Å²) >= 11 is 0. The predicted molar refractivity (Wildman–Crippen MR) is 77.5 cm³/mol. The Morgan fingerprint density at radius 1 is 1.26 bits per heavy atom. The van der Waals surface area contributed by atoms with Gasteiger partial charge in [-0.1, -0.05) is 24.3 Å². The number of nitrogens with zero attached hydrogens (tertiary/aromatic N) is 3. The van der Waals surface area contributed by atoms with E-state index in [-0.39, 0.29) is 0 Å². The van der Waals surface area contributed by atoms with Gasteiger partial charge < -0.3 is 0 Å². The highest BCUT2D eigenvalue weighted by Crippen LogP contribution is 2.18. The minimum absolute atomic E-state index is 0.423. The molecule has 0 radical (unpaired) electrons. The summed E-state index contributed by atoms with van der Waals surface area (Å²) in [6.07, 6.45) is 2.40. The SMILES string of the molecule is CC(C)N(CCC#N)Cc1cccc2cccnc12. The fourth-order valence-electron chi connectivity index (χ4n) is 2.23. The maximum Gasteiger partial charge on any atom is 0.0746 e. The molecule has 2 aromatic rings. The highest BCUT2D eigenvalue weighted by molar-refractivity contribution is 5.81. The summed E-state index contributed by atoms with van der Waals surface area (Å²) in [6, 6.07) is 13.0. The average Bonchev–Trinajstić information content (AvgIpc) is 2.43. The molecule has 0 aliphatic carbocycles. The van der Waals surface area contributed by atoms with Gasteiger partial charge in [-0.3, -0.25) is 9.88 Å². The number of aromatic nitrogens is 1. The van der Waals surface area contributed by atoms with Gasteiger partial charge in [0.15, 0.2) is 0 Å². The minimum Gasteiger partial charge on any atom is -0.296 e. The second-order valence-corrected chi connectivity index (χ2v) is 4.96. The number of hydrogen-bond acceptors (Lipinski definition) is 3.